The van der Waals surface area contributed by atoms with E-state index in [1.165, 1.54) is 30.8 Å². The van der Waals surface area contributed by atoms with Crippen molar-refractivity contribution < 1.29 is 34.5 Å². The van der Waals surface area contributed by atoms with Crippen LogP contribution in [0.1, 0.15) is 24.5 Å². The van der Waals surface area contributed by atoms with Gasteiger partial charge >= 0.3 is 5.97 Å². The summed E-state index contributed by atoms with van der Waals surface area (Å²) in [6.07, 6.45) is 2.55. The van der Waals surface area contributed by atoms with Crippen LogP contribution >= 0.6 is 11.8 Å². The van der Waals surface area contributed by atoms with Crippen molar-refractivity contribution in [2.45, 2.75) is 56.5 Å². The molecule has 226 valence electrons. The Bertz CT molecular complexity index is 1380. The first-order valence-electron chi connectivity index (χ1n) is 13.4. The van der Waals surface area contributed by atoms with Gasteiger partial charge in [0.05, 0.1) is 6.10 Å². The van der Waals surface area contributed by atoms with E-state index in [4.69, 9.17) is 5.73 Å². The summed E-state index contributed by atoms with van der Waals surface area (Å²) in [5, 5.41) is 37.7. The smallest absolute Gasteiger partial charge is 0.326 e. The number of H-pyrrole nitrogens is 1. The standard InChI is InChI=1S/C29H37N5O7S/c1-16(35)25(30)28(39)34-24(14-18-15-31-21-6-4-3-5-20(18)21)27(38)33-23(13-17-7-9-19(36)10-8-17)26(37)32-22(29(40)41)11-12-42-2/h3-10,15-16,22-25,31,35-36H,11-14,30H2,1-2H3,(H,32,37)(H,33,38)(H,34,39)(H,40,41). The number of aromatic amines is 1. The highest BCUT2D eigenvalue weighted by Gasteiger charge is 2.31. The SMILES string of the molecule is CSCCC(NC(=O)C(Cc1ccc(O)cc1)NC(=O)C(Cc1c[nH]c2ccccc12)NC(=O)C(N)C(C)O)C(=O)O. The van der Waals surface area contributed by atoms with Crippen LogP contribution in [0.3, 0.4) is 0 Å². The fourth-order valence-electron chi connectivity index (χ4n) is 4.33. The molecule has 0 aliphatic rings. The number of aliphatic hydroxyl groups is 1. The number of thioether (sulfide) groups is 1. The number of carbonyl (C=O) groups excluding carboxylic acids is 3. The number of carboxylic acid groups (broad SMARTS) is 1. The number of hydrogen-bond donors (Lipinski definition) is 8. The van der Waals surface area contributed by atoms with Gasteiger partial charge in [0.2, 0.25) is 17.7 Å². The lowest BCUT2D eigenvalue weighted by Crippen LogP contribution is -2.59. The number of benzene rings is 2. The second kappa shape index (κ2) is 15.2. The summed E-state index contributed by atoms with van der Waals surface area (Å²) in [5.41, 5.74) is 7.96. The normalized spacial score (nSPS) is 14.8. The van der Waals surface area contributed by atoms with Crippen molar-refractivity contribution >= 4 is 46.4 Å². The summed E-state index contributed by atoms with van der Waals surface area (Å²) in [4.78, 5) is 54.8. The van der Waals surface area contributed by atoms with Crippen LogP contribution in [0.4, 0.5) is 0 Å². The van der Waals surface area contributed by atoms with Gasteiger partial charge in [-0.2, -0.15) is 11.8 Å². The first kappa shape index (κ1) is 32.4. The Morgan fingerprint density at radius 3 is 2.12 bits per heavy atom. The molecule has 0 aliphatic heterocycles. The van der Waals surface area contributed by atoms with Crippen LogP contribution in [-0.2, 0) is 32.0 Å². The van der Waals surface area contributed by atoms with Crippen molar-refractivity contribution in [3.63, 3.8) is 0 Å². The summed E-state index contributed by atoms with van der Waals surface area (Å²) in [6, 6.07) is 8.57. The van der Waals surface area contributed by atoms with Crippen LogP contribution in [0.2, 0.25) is 0 Å². The second-order valence-electron chi connectivity index (χ2n) is 10.0. The molecular weight excluding hydrogens is 562 g/mol. The number of fused-ring (bicyclic) bond motifs is 1. The number of phenolic OH excluding ortho intramolecular Hbond substituents is 1. The van der Waals surface area contributed by atoms with Gasteiger partial charge in [-0.15, -0.1) is 0 Å². The number of aromatic nitrogens is 1. The molecule has 5 atom stereocenters. The average Bonchev–Trinajstić information content (AvgIpc) is 3.37. The molecule has 1 aromatic heterocycles. The van der Waals surface area contributed by atoms with Gasteiger partial charge in [0.1, 0.15) is 29.9 Å². The number of carbonyl (C=O) groups is 4. The lowest BCUT2D eigenvalue weighted by atomic mass is 10.0. The number of para-hydroxylation sites is 1. The van der Waals surface area contributed by atoms with Crippen LogP contribution in [0.25, 0.3) is 10.9 Å². The molecule has 9 N–H and O–H groups in total. The van der Waals surface area contributed by atoms with Crippen molar-refractivity contribution in [1.82, 2.24) is 20.9 Å². The van der Waals surface area contributed by atoms with E-state index in [0.29, 0.717) is 11.3 Å². The van der Waals surface area contributed by atoms with Gasteiger partial charge in [-0.3, -0.25) is 14.4 Å². The summed E-state index contributed by atoms with van der Waals surface area (Å²) in [6.45, 7) is 1.35. The number of hydrogen-bond acceptors (Lipinski definition) is 8. The summed E-state index contributed by atoms with van der Waals surface area (Å²) in [5.74, 6) is -2.88. The predicted octanol–water partition coefficient (Wildman–Crippen LogP) is 0.659. The summed E-state index contributed by atoms with van der Waals surface area (Å²) in [7, 11) is 0. The second-order valence-corrected chi connectivity index (χ2v) is 11.0. The van der Waals surface area contributed by atoms with E-state index in [2.05, 4.69) is 20.9 Å². The van der Waals surface area contributed by atoms with E-state index in [-0.39, 0.29) is 25.0 Å². The minimum Gasteiger partial charge on any atom is -0.508 e. The molecule has 0 bridgehead atoms. The maximum atomic E-state index is 13.7. The van der Waals surface area contributed by atoms with Crippen LogP contribution < -0.4 is 21.7 Å². The van der Waals surface area contributed by atoms with E-state index >= 15 is 0 Å². The zero-order chi connectivity index (χ0) is 30.8. The quantitative estimate of drug-likeness (QED) is 0.123. The zero-order valence-electron chi connectivity index (χ0n) is 23.4. The molecule has 2 aromatic carbocycles. The maximum Gasteiger partial charge on any atom is 0.326 e. The third kappa shape index (κ3) is 8.96. The molecule has 3 rings (SSSR count). The molecule has 1 heterocycles. The van der Waals surface area contributed by atoms with Crippen molar-refractivity contribution in [2.24, 2.45) is 5.73 Å². The molecule has 0 saturated carbocycles. The molecule has 5 unspecified atom stereocenters. The molecular formula is C29H37N5O7S. The largest absolute Gasteiger partial charge is 0.508 e. The summed E-state index contributed by atoms with van der Waals surface area (Å²) >= 11 is 1.43. The maximum absolute atomic E-state index is 13.7. The Balaban J connectivity index is 1.90. The third-order valence-corrected chi connectivity index (χ3v) is 7.43. The fraction of sp³-hybridized carbons (Fsp3) is 0.379. The fourth-order valence-corrected chi connectivity index (χ4v) is 4.80. The number of amides is 3. The van der Waals surface area contributed by atoms with E-state index in [0.717, 1.165) is 16.5 Å². The van der Waals surface area contributed by atoms with E-state index < -0.39 is 54.0 Å². The highest BCUT2D eigenvalue weighted by molar-refractivity contribution is 7.98. The molecule has 13 heteroatoms. The van der Waals surface area contributed by atoms with Crippen molar-refractivity contribution in [2.75, 3.05) is 12.0 Å². The van der Waals surface area contributed by atoms with Gasteiger partial charge in [0.15, 0.2) is 0 Å². The number of rotatable bonds is 15. The average molecular weight is 600 g/mol. The minimum absolute atomic E-state index is 0.0164. The summed E-state index contributed by atoms with van der Waals surface area (Å²) < 4.78 is 0. The Kier molecular flexibility index (Phi) is 11.8. The topological polar surface area (TPSA) is 207 Å². The Morgan fingerprint density at radius 1 is 0.905 bits per heavy atom. The van der Waals surface area contributed by atoms with Gasteiger partial charge in [0.25, 0.3) is 0 Å². The van der Waals surface area contributed by atoms with Crippen molar-refractivity contribution in [3.8, 4) is 5.75 Å². The molecule has 0 aliphatic carbocycles. The first-order chi connectivity index (χ1) is 20.0. The number of carboxylic acids is 1. The number of aromatic hydroxyl groups is 1. The Morgan fingerprint density at radius 2 is 1.50 bits per heavy atom. The number of nitrogens with one attached hydrogen (secondary N) is 4. The van der Waals surface area contributed by atoms with Gasteiger partial charge in [-0.05, 0) is 54.7 Å². The third-order valence-electron chi connectivity index (χ3n) is 6.79. The minimum atomic E-state index is -1.30. The number of aliphatic carboxylic acids is 1. The first-order valence-corrected chi connectivity index (χ1v) is 14.8. The van der Waals surface area contributed by atoms with Gasteiger partial charge in [0, 0.05) is 29.9 Å². The molecule has 3 amide bonds. The molecule has 0 radical (unpaired) electrons. The van der Waals surface area contributed by atoms with E-state index in [1.807, 2.05) is 30.5 Å². The monoisotopic (exact) mass is 599 g/mol. The highest BCUT2D eigenvalue weighted by Crippen LogP contribution is 2.20. The van der Waals surface area contributed by atoms with Gasteiger partial charge < -0.3 is 42.0 Å². The zero-order valence-corrected chi connectivity index (χ0v) is 24.2. The number of aliphatic hydroxyl groups excluding tert-OH is 1. The molecule has 12 nitrogen and oxygen atoms in total. The van der Waals surface area contributed by atoms with Crippen LogP contribution in [0, 0.1) is 0 Å². The van der Waals surface area contributed by atoms with Crippen molar-refractivity contribution in [1.29, 1.82) is 0 Å². The van der Waals surface area contributed by atoms with Crippen LogP contribution in [0.5, 0.6) is 5.75 Å². The molecule has 0 spiro atoms. The lowest BCUT2D eigenvalue weighted by Gasteiger charge is -2.26. The molecule has 3 aromatic rings. The van der Waals surface area contributed by atoms with Gasteiger partial charge in [-0.1, -0.05) is 30.3 Å². The van der Waals surface area contributed by atoms with E-state index in [1.54, 1.807) is 18.3 Å². The Hall–Kier alpha value is -4.07. The lowest BCUT2D eigenvalue weighted by molar-refractivity contribution is -0.142. The van der Waals surface area contributed by atoms with E-state index in [9.17, 15) is 34.5 Å². The highest BCUT2D eigenvalue weighted by atomic mass is 32.2. The predicted molar refractivity (Wildman–Crippen MR) is 160 cm³/mol. The number of phenols is 1. The number of nitrogens with two attached hydrogens (primary N) is 1. The Labute approximate surface area is 247 Å². The molecule has 42 heavy (non-hydrogen) atoms. The van der Waals surface area contributed by atoms with Crippen molar-refractivity contribution in [3.05, 3.63) is 65.9 Å². The van der Waals surface area contributed by atoms with Crippen LogP contribution in [0.15, 0.2) is 54.7 Å². The molecule has 0 saturated heterocycles. The molecule has 0 fully saturated rings. The van der Waals surface area contributed by atoms with Crippen LogP contribution in [-0.4, -0.2) is 86.3 Å². The van der Waals surface area contributed by atoms with Gasteiger partial charge in [-0.25, -0.2) is 4.79 Å².